The highest BCUT2D eigenvalue weighted by Crippen LogP contribution is 2.17. The predicted molar refractivity (Wildman–Crippen MR) is 137 cm³/mol. The fourth-order valence-electron chi connectivity index (χ4n) is 2.69. The molecule has 0 aliphatic rings. The summed E-state index contributed by atoms with van der Waals surface area (Å²) >= 11 is 3.20. The van der Waals surface area contributed by atoms with Gasteiger partial charge in [-0.3, -0.25) is 0 Å². The SMILES string of the molecule is Brc1ccccn1.NC(CO)c1ccccc1.OCC(Nc1ccccn1)c1ccccc1. The first-order valence-electron chi connectivity index (χ1n) is 10.4. The molecule has 7 heteroatoms. The average molecular weight is 509 g/mol. The van der Waals surface area contributed by atoms with Crippen molar-refractivity contribution in [3.63, 3.8) is 0 Å². The summed E-state index contributed by atoms with van der Waals surface area (Å²) < 4.78 is 0.884. The van der Waals surface area contributed by atoms with Gasteiger partial charge in [-0.2, -0.15) is 0 Å². The summed E-state index contributed by atoms with van der Waals surface area (Å²) in [5.74, 6) is 0.769. The van der Waals surface area contributed by atoms with Gasteiger partial charge in [0.15, 0.2) is 0 Å². The number of pyridine rings is 2. The Morgan fingerprint density at radius 1 is 0.697 bits per heavy atom. The first-order chi connectivity index (χ1) is 16.1. The van der Waals surface area contributed by atoms with Crippen molar-refractivity contribution in [1.82, 2.24) is 9.97 Å². The van der Waals surface area contributed by atoms with Gasteiger partial charge in [-0.15, -0.1) is 0 Å². The number of aliphatic hydroxyl groups is 2. The van der Waals surface area contributed by atoms with Gasteiger partial charge in [-0.1, -0.05) is 72.8 Å². The van der Waals surface area contributed by atoms with E-state index in [0.717, 1.165) is 21.5 Å². The zero-order valence-electron chi connectivity index (χ0n) is 18.2. The van der Waals surface area contributed by atoms with Crippen LogP contribution in [0, 0.1) is 0 Å². The van der Waals surface area contributed by atoms with Crippen LogP contribution in [0.25, 0.3) is 0 Å². The van der Waals surface area contributed by atoms with Gasteiger partial charge in [-0.25, -0.2) is 9.97 Å². The standard InChI is InChI=1S/C13H14N2O.C8H11NO.C5H4BrN/c16-10-12(11-6-2-1-3-7-11)15-13-8-4-5-9-14-13;9-8(6-10)7-4-2-1-3-5-7;6-5-3-1-2-4-7-5/h1-9,12,16H,10H2,(H,14,15);1-5,8,10H,6,9H2;1-4H. The zero-order chi connectivity index (χ0) is 23.7. The van der Waals surface area contributed by atoms with Crippen LogP contribution in [0.2, 0.25) is 0 Å². The maximum atomic E-state index is 9.35. The van der Waals surface area contributed by atoms with Gasteiger partial charge < -0.3 is 21.3 Å². The first-order valence-corrected chi connectivity index (χ1v) is 11.2. The van der Waals surface area contributed by atoms with Crippen molar-refractivity contribution in [3.8, 4) is 0 Å². The molecule has 0 saturated heterocycles. The zero-order valence-corrected chi connectivity index (χ0v) is 19.8. The van der Waals surface area contributed by atoms with Gasteiger partial charge in [0.05, 0.1) is 25.3 Å². The molecule has 2 heterocycles. The number of nitrogens with two attached hydrogens (primary N) is 1. The van der Waals surface area contributed by atoms with Crippen LogP contribution in [0.3, 0.4) is 0 Å². The Bertz CT molecular complexity index is 994. The van der Waals surface area contributed by atoms with Gasteiger partial charge in [-0.05, 0) is 51.3 Å². The van der Waals surface area contributed by atoms with Gasteiger partial charge in [0.1, 0.15) is 10.4 Å². The molecule has 2 unspecified atom stereocenters. The highest BCUT2D eigenvalue weighted by atomic mass is 79.9. The predicted octanol–water partition coefficient (Wildman–Crippen LogP) is 4.75. The number of nitrogens with zero attached hydrogens (tertiary/aromatic N) is 2. The average Bonchev–Trinajstić information content (AvgIpc) is 2.89. The molecule has 4 rings (SSSR count). The monoisotopic (exact) mass is 508 g/mol. The molecule has 172 valence electrons. The number of hydrogen-bond acceptors (Lipinski definition) is 6. The van der Waals surface area contributed by atoms with E-state index in [1.165, 1.54) is 0 Å². The molecule has 0 bridgehead atoms. The maximum absolute atomic E-state index is 9.35. The number of hydrogen-bond donors (Lipinski definition) is 4. The molecule has 5 N–H and O–H groups in total. The molecule has 0 radical (unpaired) electrons. The van der Waals surface area contributed by atoms with E-state index in [2.05, 4.69) is 31.2 Å². The molecule has 0 spiro atoms. The molecule has 0 aliphatic carbocycles. The molecule has 2 aromatic carbocycles. The normalized spacial score (nSPS) is 11.6. The molecule has 0 aliphatic heterocycles. The lowest BCUT2D eigenvalue weighted by atomic mass is 10.1. The Kier molecular flexibility index (Phi) is 12.4. The number of aromatic nitrogens is 2. The molecule has 6 nitrogen and oxygen atoms in total. The Morgan fingerprint density at radius 3 is 1.67 bits per heavy atom. The van der Waals surface area contributed by atoms with Crippen molar-refractivity contribution < 1.29 is 10.2 Å². The van der Waals surface area contributed by atoms with Crippen molar-refractivity contribution in [1.29, 1.82) is 0 Å². The van der Waals surface area contributed by atoms with Crippen LogP contribution in [0.5, 0.6) is 0 Å². The third-order valence-electron chi connectivity index (χ3n) is 4.42. The van der Waals surface area contributed by atoms with Crippen molar-refractivity contribution in [3.05, 3.63) is 125 Å². The second-order valence-corrected chi connectivity index (χ2v) is 7.67. The highest BCUT2D eigenvalue weighted by molar-refractivity contribution is 9.10. The van der Waals surface area contributed by atoms with Crippen LogP contribution >= 0.6 is 15.9 Å². The molecule has 4 aromatic rings. The second-order valence-electron chi connectivity index (χ2n) is 6.86. The summed E-state index contributed by atoms with van der Waals surface area (Å²) in [5.41, 5.74) is 7.57. The molecule has 2 aromatic heterocycles. The third-order valence-corrected chi connectivity index (χ3v) is 4.89. The van der Waals surface area contributed by atoms with Gasteiger partial charge in [0, 0.05) is 12.4 Å². The van der Waals surface area contributed by atoms with Crippen LogP contribution in [-0.4, -0.2) is 33.4 Å². The van der Waals surface area contributed by atoms with E-state index in [-0.39, 0.29) is 25.3 Å². The summed E-state index contributed by atoms with van der Waals surface area (Å²) in [4.78, 5) is 8.07. The lowest BCUT2D eigenvalue weighted by Crippen LogP contribution is -2.15. The van der Waals surface area contributed by atoms with Crippen LogP contribution in [0.1, 0.15) is 23.2 Å². The quantitative estimate of drug-likeness (QED) is 0.280. The summed E-state index contributed by atoms with van der Waals surface area (Å²) in [6, 6.07) is 30.4. The minimum Gasteiger partial charge on any atom is -0.394 e. The fraction of sp³-hybridized carbons (Fsp3) is 0.154. The smallest absolute Gasteiger partial charge is 0.126 e. The van der Waals surface area contributed by atoms with Crippen LogP contribution in [0.15, 0.2) is 114 Å². The maximum Gasteiger partial charge on any atom is 0.126 e. The minimum absolute atomic E-state index is 0.00398. The second kappa shape index (κ2) is 15.7. The van der Waals surface area contributed by atoms with Crippen molar-refractivity contribution >= 4 is 21.7 Å². The van der Waals surface area contributed by atoms with Gasteiger partial charge >= 0.3 is 0 Å². The Labute approximate surface area is 203 Å². The van der Waals surface area contributed by atoms with Crippen LogP contribution < -0.4 is 11.1 Å². The third kappa shape index (κ3) is 10.4. The van der Waals surface area contributed by atoms with E-state index in [1.807, 2.05) is 97.1 Å². The molecule has 33 heavy (non-hydrogen) atoms. The van der Waals surface area contributed by atoms with Crippen molar-refractivity contribution in [2.24, 2.45) is 5.73 Å². The number of nitrogens with one attached hydrogen (secondary N) is 1. The number of halogens is 1. The molecule has 0 amide bonds. The molecular weight excluding hydrogens is 480 g/mol. The van der Waals surface area contributed by atoms with Crippen LogP contribution in [0.4, 0.5) is 5.82 Å². The summed E-state index contributed by atoms with van der Waals surface area (Å²) in [6.07, 6.45) is 3.46. The van der Waals surface area contributed by atoms with Gasteiger partial charge in [0.25, 0.3) is 0 Å². The molecule has 0 fully saturated rings. The van der Waals surface area contributed by atoms with E-state index in [1.54, 1.807) is 12.4 Å². The number of aliphatic hydroxyl groups excluding tert-OH is 2. The summed E-state index contributed by atoms with van der Waals surface area (Å²) in [5, 5.41) is 21.2. The van der Waals surface area contributed by atoms with E-state index in [4.69, 9.17) is 10.8 Å². The first kappa shape index (κ1) is 26.2. The van der Waals surface area contributed by atoms with E-state index in [9.17, 15) is 5.11 Å². The Hall–Kier alpha value is -3.10. The summed E-state index contributed by atoms with van der Waals surface area (Å²) in [7, 11) is 0. The summed E-state index contributed by atoms with van der Waals surface area (Å²) in [6.45, 7) is 0.0462. The molecule has 2 atom stereocenters. The Morgan fingerprint density at radius 2 is 1.24 bits per heavy atom. The van der Waals surface area contributed by atoms with Crippen LogP contribution in [-0.2, 0) is 0 Å². The lowest BCUT2D eigenvalue weighted by Gasteiger charge is -2.16. The lowest BCUT2D eigenvalue weighted by molar-refractivity contribution is 0.268. The van der Waals surface area contributed by atoms with Gasteiger partial charge in [0.2, 0.25) is 0 Å². The fourth-order valence-corrected chi connectivity index (χ4v) is 2.96. The number of anilines is 1. The van der Waals surface area contributed by atoms with Crippen molar-refractivity contribution in [2.75, 3.05) is 18.5 Å². The van der Waals surface area contributed by atoms with Crippen molar-refractivity contribution in [2.45, 2.75) is 12.1 Å². The topological polar surface area (TPSA) is 104 Å². The number of benzene rings is 2. The molecule has 0 saturated carbocycles. The van der Waals surface area contributed by atoms with E-state index in [0.29, 0.717) is 0 Å². The largest absolute Gasteiger partial charge is 0.394 e. The minimum atomic E-state index is -0.235. The Balaban J connectivity index is 0.000000193. The van der Waals surface area contributed by atoms with E-state index < -0.39 is 0 Å². The van der Waals surface area contributed by atoms with E-state index >= 15 is 0 Å². The highest BCUT2D eigenvalue weighted by Gasteiger charge is 2.09. The number of rotatable bonds is 6. The molecular formula is C26H29BrN4O2.